The van der Waals surface area contributed by atoms with Crippen molar-refractivity contribution in [1.82, 2.24) is 10.1 Å². The van der Waals surface area contributed by atoms with Crippen LogP contribution in [-0.4, -0.2) is 10.1 Å². The predicted molar refractivity (Wildman–Crippen MR) is 49.1 cm³/mol. The maximum absolute atomic E-state index is 13.3. The number of hydrogen-bond donors (Lipinski definition) is 1. The molecular weight excluding hydrogens is 261 g/mol. The zero-order valence-corrected chi connectivity index (χ0v) is 8.42. The van der Waals surface area contributed by atoms with Crippen molar-refractivity contribution >= 4 is 5.69 Å². The molecule has 0 aliphatic heterocycles. The van der Waals surface area contributed by atoms with Crippen LogP contribution < -0.4 is 5.73 Å². The fraction of sp³-hybridized carbons (Fsp3) is 0.111. The Hall–Kier alpha value is -2.19. The van der Waals surface area contributed by atoms with Gasteiger partial charge in [-0.15, -0.1) is 0 Å². The summed E-state index contributed by atoms with van der Waals surface area (Å²) in [4.78, 5) is 2.96. The Morgan fingerprint density at radius 3 is 2.33 bits per heavy atom. The van der Waals surface area contributed by atoms with Crippen LogP contribution in [0.1, 0.15) is 5.82 Å². The summed E-state index contributed by atoms with van der Waals surface area (Å²) in [6, 6.07) is 1.19. The summed E-state index contributed by atoms with van der Waals surface area (Å²) < 4.78 is 67.0. The van der Waals surface area contributed by atoms with Crippen LogP contribution in [0.5, 0.6) is 0 Å². The second-order valence-corrected chi connectivity index (χ2v) is 3.27. The first kappa shape index (κ1) is 12.3. The molecule has 0 aliphatic carbocycles. The summed E-state index contributed by atoms with van der Waals surface area (Å²) in [5.41, 5.74) is 4.22. The first-order valence-electron chi connectivity index (χ1n) is 4.45. The van der Waals surface area contributed by atoms with E-state index in [0.29, 0.717) is 6.07 Å². The zero-order valence-electron chi connectivity index (χ0n) is 8.42. The van der Waals surface area contributed by atoms with E-state index < -0.39 is 40.8 Å². The van der Waals surface area contributed by atoms with E-state index in [-0.39, 0.29) is 0 Å². The lowest BCUT2D eigenvalue weighted by atomic mass is 10.2. The Morgan fingerprint density at radius 1 is 1.11 bits per heavy atom. The molecule has 1 heterocycles. The molecule has 2 rings (SSSR count). The Balaban J connectivity index is 2.50. The molecule has 0 saturated heterocycles. The first-order valence-corrected chi connectivity index (χ1v) is 4.45. The summed E-state index contributed by atoms with van der Waals surface area (Å²) in [5.74, 6) is -4.47. The van der Waals surface area contributed by atoms with E-state index in [9.17, 15) is 22.0 Å². The van der Waals surface area contributed by atoms with Crippen LogP contribution in [0.15, 0.2) is 16.7 Å². The van der Waals surface area contributed by atoms with Gasteiger partial charge in [-0.3, -0.25) is 0 Å². The van der Waals surface area contributed by atoms with Gasteiger partial charge >= 0.3 is 6.18 Å². The average molecular weight is 265 g/mol. The minimum atomic E-state index is -4.82. The second kappa shape index (κ2) is 3.93. The number of hydrogen-bond acceptors (Lipinski definition) is 4. The monoisotopic (exact) mass is 265 g/mol. The summed E-state index contributed by atoms with van der Waals surface area (Å²) in [6.45, 7) is 0. The molecule has 0 radical (unpaired) electrons. The Bertz CT molecular complexity index is 592. The van der Waals surface area contributed by atoms with Gasteiger partial charge in [0.2, 0.25) is 0 Å². The highest BCUT2D eigenvalue weighted by Crippen LogP contribution is 2.30. The van der Waals surface area contributed by atoms with Gasteiger partial charge in [-0.1, -0.05) is 5.16 Å². The SMILES string of the molecule is Nc1cc(-c2nc(C(F)(F)F)no2)c(F)cc1F. The number of halogens is 5. The molecule has 0 atom stereocenters. The fourth-order valence-electron chi connectivity index (χ4n) is 1.18. The summed E-state index contributed by atoms with van der Waals surface area (Å²) in [7, 11) is 0. The van der Waals surface area contributed by atoms with Crippen LogP contribution in [0.4, 0.5) is 27.6 Å². The quantitative estimate of drug-likeness (QED) is 0.635. The van der Waals surface area contributed by atoms with Crippen molar-refractivity contribution in [3.63, 3.8) is 0 Å². The summed E-state index contributed by atoms with van der Waals surface area (Å²) in [6.07, 6.45) is -4.82. The van der Waals surface area contributed by atoms with Crippen LogP contribution in [0.3, 0.4) is 0 Å². The average Bonchev–Trinajstić information content (AvgIpc) is 2.72. The van der Waals surface area contributed by atoms with E-state index in [2.05, 4.69) is 14.7 Å². The van der Waals surface area contributed by atoms with Gasteiger partial charge in [-0.05, 0) is 6.07 Å². The van der Waals surface area contributed by atoms with E-state index >= 15 is 0 Å². The van der Waals surface area contributed by atoms with E-state index in [4.69, 9.17) is 5.73 Å². The standard InChI is InChI=1S/C9H4F5N3O/c10-4-2-5(11)6(15)1-3(4)7-16-8(17-18-7)9(12,13)14/h1-2H,15H2. The van der Waals surface area contributed by atoms with E-state index in [0.717, 1.165) is 6.07 Å². The third-order valence-corrected chi connectivity index (χ3v) is 2.00. The van der Waals surface area contributed by atoms with Crippen LogP contribution in [0, 0.1) is 11.6 Å². The number of nitrogens with zero attached hydrogens (tertiary/aromatic N) is 2. The van der Waals surface area contributed by atoms with Crippen molar-refractivity contribution in [3.8, 4) is 11.5 Å². The molecule has 0 unspecified atom stereocenters. The molecule has 1 aromatic heterocycles. The maximum atomic E-state index is 13.3. The van der Waals surface area contributed by atoms with Crippen LogP contribution in [-0.2, 0) is 6.18 Å². The van der Waals surface area contributed by atoms with Gasteiger partial charge in [0.1, 0.15) is 11.6 Å². The van der Waals surface area contributed by atoms with Crippen LogP contribution in [0.2, 0.25) is 0 Å². The van der Waals surface area contributed by atoms with E-state index in [1.165, 1.54) is 0 Å². The molecular formula is C9H4F5N3O. The third-order valence-electron chi connectivity index (χ3n) is 2.00. The van der Waals surface area contributed by atoms with Gasteiger partial charge in [0, 0.05) is 6.07 Å². The summed E-state index contributed by atoms with van der Waals surface area (Å²) >= 11 is 0. The largest absolute Gasteiger partial charge is 0.455 e. The molecule has 0 fully saturated rings. The number of aromatic nitrogens is 2. The highest BCUT2D eigenvalue weighted by Gasteiger charge is 2.37. The normalized spacial score (nSPS) is 11.8. The third kappa shape index (κ3) is 2.11. The number of nitrogens with two attached hydrogens (primary N) is 1. The van der Waals surface area contributed by atoms with Crippen molar-refractivity contribution in [2.45, 2.75) is 6.18 Å². The predicted octanol–water partition coefficient (Wildman–Crippen LogP) is 2.62. The number of anilines is 1. The molecule has 0 bridgehead atoms. The smallest absolute Gasteiger partial charge is 0.396 e. The van der Waals surface area contributed by atoms with Crippen molar-refractivity contribution < 1.29 is 26.5 Å². The molecule has 0 aliphatic rings. The molecule has 9 heteroatoms. The van der Waals surface area contributed by atoms with E-state index in [1.54, 1.807) is 0 Å². The number of rotatable bonds is 1. The van der Waals surface area contributed by atoms with Crippen molar-refractivity contribution in [2.24, 2.45) is 0 Å². The second-order valence-electron chi connectivity index (χ2n) is 3.27. The van der Waals surface area contributed by atoms with Crippen molar-refractivity contribution in [2.75, 3.05) is 5.73 Å². The van der Waals surface area contributed by atoms with Crippen LogP contribution in [0.25, 0.3) is 11.5 Å². The van der Waals surface area contributed by atoms with Gasteiger partial charge in [0.25, 0.3) is 11.7 Å². The molecule has 0 amide bonds. The van der Waals surface area contributed by atoms with Crippen molar-refractivity contribution in [3.05, 3.63) is 29.6 Å². The van der Waals surface area contributed by atoms with Gasteiger partial charge in [0.15, 0.2) is 0 Å². The molecule has 0 spiro atoms. The molecule has 2 aromatic rings. The maximum Gasteiger partial charge on any atom is 0.455 e. The highest BCUT2D eigenvalue weighted by molar-refractivity contribution is 5.61. The Morgan fingerprint density at radius 2 is 1.78 bits per heavy atom. The van der Waals surface area contributed by atoms with Crippen molar-refractivity contribution in [1.29, 1.82) is 0 Å². The number of alkyl halides is 3. The topological polar surface area (TPSA) is 64.9 Å². The lowest BCUT2D eigenvalue weighted by Gasteiger charge is -2.01. The minimum Gasteiger partial charge on any atom is -0.396 e. The molecule has 96 valence electrons. The van der Waals surface area contributed by atoms with Gasteiger partial charge in [0.05, 0.1) is 11.3 Å². The number of nitrogen functional groups attached to an aromatic ring is 1. The van der Waals surface area contributed by atoms with Gasteiger partial charge in [-0.25, -0.2) is 8.78 Å². The fourth-order valence-corrected chi connectivity index (χ4v) is 1.18. The highest BCUT2D eigenvalue weighted by atomic mass is 19.4. The zero-order chi connectivity index (χ0) is 13.5. The number of benzene rings is 1. The molecule has 0 saturated carbocycles. The lowest BCUT2D eigenvalue weighted by molar-refractivity contribution is -0.146. The molecule has 18 heavy (non-hydrogen) atoms. The lowest BCUT2D eigenvalue weighted by Crippen LogP contribution is -2.07. The summed E-state index contributed by atoms with van der Waals surface area (Å²) in [5, 5.41) is 2.64. The molecule has 4 nitrogen and oxygen atoms in total. The first-order chi connectivity index (χ1) is 8.29. The van der Waals surface area contributed by atoms with Gasteiger partial charge < -0.3 is 10.3 Å². The molecule has 1 aromatic carbocycles. The Labute approximate surface area is 96.2 Å². The Kier molecular flexibility index (Phi) is 2.68. The van der Waals surface area contributed by atoms with Gasteiger partial charge in [-0.2, -0.15) is 18.2 Å². The van der Waals surface area contributed by atoms with Crippen LogP contribution >= 0.6 is 0 Å². The molecule has 2 N–H and O–H groups in total. The van der Waals surface area contributed by atoms with E-state index in [1.807, 2.05) is 0 Å². The minimum absolute atomic E-state index is 0.419.